The Bertz CT molecular complexity index is 1000. The lowest BCUT2D eigenvalue weighted by atomic mass is 10.1. The molecular formula is C21H20F3N3O. The lowest BCUT2D eigenvalue weighted by Crippen LogP contribution is -2.26. The Hall–Kier alpha value is -3.09. The number of hydrogen-bond donors (Lipinski definition) is 1. The number of aromatic nitrogens is 2. The van der Waals surface area contributed by atoms with Crippen LogP contribution in [-0.2, 0) is 12.7 Å². The SMILES string of the molecule is Cc1ccc(-n2ncc(C(=O)NCc3ccc(C)cc3C)c2C(F)(F)F)cc1. The summed E-state index contributed by atoms with van der Waals surface area (Å²) in [4.78, 5) is 12.5. The van der Waals surface area contributed by atoms with Crippen molar-refractivity contribution in [1.29, 1.82) is 0 Å². The number of hydrogen-bond acceptors (Lipinski definition) is 2. The smallest absolute Gasteiger partial charge is 0.348 e. The van der Waals surface area contributed by atoms with Crippen LogP contribution in [-0.4, -0.2) is 15.7 Å². The average Bonchev–Trinajstić information content (AvgIpc) is 3.07. The van der Waals surface area contributed by atoms with Crippen LogP contribution in [0, 0.1) is 20.8 Å². The van der Waals surface area contributed by atoms with Crippen molar-refractivity contribution in [3.8, 4) is 5.69 Å². The van der Waals surface area contributed by atoms with Crippen LogP contribution in [0.1, 0.15) is 38.3 Å². The van der Waals surface area contributed by atoms with Crippen LogP contribution in [0.2, 0.25) is 0 Å². The number of rotatable bonds is 4. The summed E-state index contributed by atoms with van der Waals surface area (Å²) in [5.41, 5.74) is 2.45. The maximum absolute atomic E-state index is 13.7. The molecule has 0 saturated heterocycles. The largest absolute Gasteiger partial charge is 0.434 e. The zero-order valence-electron chi connectivity index (χ0n) is 15.8. The molecule has 0 fully saturated rings. The van der Waals surface area contributed by atoms with Crippen LogP contribution < -0.4 is 5.32 Å². The molecule has 0 aliphatic carbocycles. The van der Waals surface area contributed by atoms with E-state index in [4.69, 9.17) is 0 Å². The van der Waals surface area contributed by atoms with Gasteiger partial charge in [0, 0.05) is 6.54 Å². The topological polar surface area (TPSA) is 46.9 Å². The first-order valence-electron chi connectivity index (χ1n) is 8.73. The highest BCUT2D eigenvalue weighted by atomic mass is 19.4. The highest BCUT2D eigenvalue weighted by molar-refractivity contribution is 5.95. The molecule has 2 aromatic carbocycles. The van der Waals surface area contributed by atoms with Gasteiger partial charge in [-0.1, -0.05) is 41.5 Å². The molecule has 0 radical (unpaired) electrons. The second-order valence-corrected chi connectivity index (χ2v) is 6.76. The number of aryl methyl sites for hydroxylation is 3. The standard InChI is InChI=1S/C21H20F3N3O/c1-13-5-8-17(9-6-13)27-19(21(22,23)24)18(12-26-27)20(28)25-11-16-7-4-14(2)10-15(16)3/h4-10,12H,11H2,1-3H3,(H,25,28). The highest BCUT2D eigenvalue weighted by Gasteiger charge is 2.40. The van der Waals surface area contributed by atoms with E-state index in [9.17, 15) is 18.0 Å². The van der Waals surface area contributed by atoms with E-state index < -0.39 is 23.3 Å². The molecule has 4 nitrogen and oxygen atoms in total. The number of carbonyl (C=O) groups is 1. The first-order chi connectivity index (χ1) is 13.2. The maximum Gasteiger partial charge on any atom is 0.434 e. The third-order valence-electron chi connectivity index (χ3n) is 4.50. The lowest BCUT2D eigenvalue weighted by molar-refractivity contribution is -0.143. The highest BCUT2D eigenvalue weighted by Crippen LogP contribution is 2.33. The summed E-state index contributed by atoms with van der Waals surface area (Å²) in [6, 6.07) is 12.2. The lowest BCUT2D eigenvalue weighted by Gasteiger charge is -2.13. The molecule has 0 bridgehead atoms. The van der Waals surface area contributed by atoms with Gasteiger partial charge in [0.2, 0.25) is 0 Å². The summed E-state index contributed by atoms with van der Waals surface area (Å²) in [5.74, 6) is -0.814. The summed E-state index contributed by atoms with van der Waals surface area (Å²) >= 11 is 0. The normalized spacial score (nSPS) is 11.5. The molecule has 1 N–H and O–H groups in total. The second kappa shape index (κ2) is 7.50. The summed E-state index contributed by atoms with van der Waals surface area (Å²) in [6.45, 7) is 5.82. The van der Waals surface area contributed by atoms with Crippen molar-refractivity contribution < 1.29 is 18.0 Å². The molecule has 0 atom stereocenters. The van der Waals surface area contributed by atoms with Crippen molar-refractivity contribution in [2.45, 2.75) is 33.5 Å². The van der Waals surface area contributed by atoms with Crippen LogP contribution in [0.5, 0.6) is 0 Å². The molecule has 1 aromatic heterocycles. The zero-order valence-corrected chi connectivity index (χ0v) is 15.8. The molecule has 0 aliphatic heterocycles. The van der Waals surface area contributed by atoms with Gasteiger partial charge < -0.3 is 5.32 Å². The number of carbonyl (C=O) groups excluding carboxylic acids is 1. The minimum absolute atomic E-state index is 0.137. The van der Waals surface area contributed by atoms with Gasteiger partial charge in [-0.15, -0.1) is 0 Å². The molecule has 3 aromatic rings. The van der Waals surface area contributed by atoms with Gasteiger partial charge in [-0.2, -0.15) is 18.3 Å². The number of amides is 1. The van der Waals surface area contributed by atoms with Crippen molar-refractivity contribution in [2.24, 2.45) is 0 Å². The molecule has 0 spiro atoms. The van der Waals surface area contributed by atoms with Gasteiger partial charge in [-0.3, -0.25) is 4.79 Å². The fourth-order valence-corrected chi connectivity index (χ4v) is 2.98. The number of nitrogens with zero attached hydrogens (tertiary/aromatic N) is 2. The minimum Gasteiger partial charge on any atom is -0.348 e. The Balaban J connectivity index is 1.90. The van der Waals surface area contributed by atoms with E-state index in [1.807, 2.05) is 39.0 Å². The van der Waals surface area contributed by atoms with E-state index in [1.54, 1.807) is 12.1 Å². The van der Waals surface area contributed by atoms with Crippen LogP contribution in [0.15, 0.2) is 48.7 Å². The van der Waals surface area contributed by atoms with E-state index in [1.165, 1.54) is 12.1 Å². The quantitative estimate of drug-likeness (QED) is 0.703. The molecule has 3 rings (SSSR count). The summed E-state index contributed by atoms with van der Waals surface area (Å²) in [6.07, 6.45) is -3.77. The Morgan fingerprint density at radius 2 is 1.68 bits per heavy atom. The minimum atomic E-state index is -4.73. The third-order valence-corrected chi connectivity index (χ3v) is 4.50. The summed E-state index contributed by atoms with van der Waals surface area (Å²) in [7, 11) is 0. The number of nitrogens with one attached hydrogen (secondary N) is 1. The van der Waals surface area contributed by atoms with Crippen molar-refractivity contribution in [3.05, 3.63) is 82.2 Å². The van der Waals surface area contributed by atoms with Crippen molar-refractivity contribution in [3.63, 3.8) is 0 Å². The Morgan fingerprint density at radius 3 is 2.29 bits per heavy atom. The number of benzene rings is 2. The van der Waals surface area contributed by atoms with Gasteiger partial charge in [0.25, 0.3) is 5.91 Å². The predicted molar refractivity (Wildman–Crippen MR) is 100 cm³/mol. The van der Waals surface area contributed by atoms with Gasteiger partial charge >= 0.3 is 6.18 Å². The zero-order chi connectivity index (χ0) is 20.5. The molecule has 0 unspecified atom stereocenters. The van der Waals surface area contributed by atoms with E-state index in [2.05, 4.69) is 10.4 Å². The molecule has 1 amide bonds. The maximum atomic E-state index is 13.7. The fraction of sp³-hybridized carbons (Fsp3) is 0.238. The van der Waals surface area contributed by atoms with E-state index in [0.717, 1.165) is 33.1 Å². The molecular weight excluding hydrogens is 367 g/mol. The fourth-order valence-electron chi connectivity index (χ4n) is 2.98. The first-order valence-corrected chi connectivity index (χ1v) is 8.73. The van der Waals surface area contributed by atoms with E-state index in [0.29, 0.717) is 0 Å². The van der Waals surface area contributed by atoms with E-state index >= 15 is 0 Å². The van der Waals surface area contributed by atoms with Gasteiger partial charge in [-0.25, -0.2) is 4.68 Å². The van der Waals surface area contributed by atoms with E-state index in [-0.39, 0.29) is 12.2 Å². The monoisotopic (exact) mass is 387 g/mol. The van der Waals surface area contributed by atoms with Gasteiger partial charge in [0.15, 0.2) is 5.69 Å². The van der Waals surface area contributed by atoms with Crippen LogP contribution in [0.4, 0.5) is 13.2 Å². The Labute approximate surface area is 161 Å². The average molecular weight is 387 g/mol. The van der Waals surface area contributed by atoms with Gasteiger partial charge in [0.05, 0.1) is 17.4 Å². The van der Waals surface area contributed by atoms with Crippen molar-refractivity contribution in [2.75, 3.05) is 0 Å². The predicted octanol–water partition coefficient (Wildman–Crippen LogP) is 4.75. The molecule has 146 valence electrons. The van der Waals surface area contributed by atoms with Crippen molar-refractivity contribution >= 4 is 5.91 Å². The first kappa shape index (κ1) is 19.7. The molecule has 7 heteroatoms. The Kier molecular flexibility index (Phi) is 5.27. The number of alkyl halides is 3. The number of halogens is 3. The molecule has 0 saturated carbocycles. The van der Waals surface area contributed by atoms with Crippen LogP contribution in [0.3, 0.4) is 0 Å². The van der Waals surface area contributed by atoms with Gasteiger partial charge in [-0.05, 0) is 44.0 Å². The van der Waals surface area contributed by atoms with Crippen LogP contribution in [0.25, 0.3) is 5.69 Å². The summed E-state index contributed by atoms with van der Waals surface area (Å²) < 4.78 is 41.9. The third kappa shape index (κ3) is 4.08. The second-order valence-electron chi connectivity index (χ2n) is 6.76. The van der Waals surface area contributed by atoms with Crippen molar-refractivity contribution in [1.82, 2.24) is 15.1 Å². The molecule has 1 heterocycles. The Morgan fingerprint density at radius 1 is 1.04 bits per heavy atom. The molecule has 28 heavy (non-hydrogen) atoms. The summed E-state index contributed by atoms with van der Waals surface area (Å²) in [5, 5.41) is 6.39. The van der Waals surface area contributed by atoms with Gasteiger partial charge in [0.1, 0.15) is 0 Å². The molecule has 0 aliphatic rings. The van der Waals surface area contributed by atoms with Crippen LogP contribution >= 0.6 is 0 Å².